The molecule has 0 spiro atoms. The highest BCUT2D eigenvalue weighted by molar-refractivity contribution is 5.27. The molecule has 136 valence electrons. The summed E-state index contributed by atoms with van der Waals surface area (Å²) in [6, 6.07) is 13.6. The fourth-order valence-corrected chi connectivity index (χ4v) is 3.12. The maximum absolute atomic E-state index is 13.9. The van der Waals surface area contributed by atoms with Gasteiger partial charge in [0, 0.05) is 35.5 Å². The van der Waals surface area contributed by atoms with Crippen molar-refractivity contribution in [3.8, 4) is 0 Å². The van der Waals surface area contributed by atoms with E-state index in [2.05, 4.69) is 22.5 Å². The lowest BCUT2D eigenvalue weighted by Gasteiger charge is -2.15. The summed E-state index contributed by atoms with van der Waals surface area (Å²) < 4.78 is 29.0. The Morgan fingerprint density at radius 1 is 1.08 bits per heavy atom. The molecule has 0 aliphatic rings. The second-order valence-corrected chi connectivity index (χ2v) is 6.56. The minimum absolute atomic E-state index is 0.230. The Hall–Kier alpha value is -2.53. The Morgan fingerprint density at radius 3 is 2.50 bits per heavy atom. The molecular formula is C21H23F2N3. The molecule has 0 saturated heterocycles. The van der Waals surface area contributed by atoms with Crippen LogP contribution in [-0.4, -0.2) is 9.78 Å². The van der Waals surface area contributed by atoms with Crippen LogP contribution in [0.2, 0.25) is 0 Å². The third kappa shape index (κ3) is 3.99. The zero-order valence-electron chi connectivity index (χ0n) is 15.3. The summed E-state index contributed by atoms with van der Waals surface area (Å²) in [5.74, 6) is -1.09. The van der Waals surface area contributed by atoms with E-state index in [4.69, 9.17) is 0 Å². The van der Waals surface area contributed by atoms with Crippen LogP contribution in [0.5, 0.6) is 0 Å². The van der Waals surface area contributed by atoms with Crippen molar-refractivity contribution in [3.63, 3.8) is 0 Å². The maximum atomic E-state index is 13.9. The lowest BCUT2D eigenvalue weighted by Crippen LogP contribution is -2.20. The third-order valence-electron chi connectivity index (χ3n) is 4.72. The molecule has 1 N–H and O–H groups in total. The van der Waals surface area contributed by atoms with Crippen molar-refractivity contribution in [1.29, 1.82) is 0 Å². The molecule has 26 heavy (non-hydrogen) atoms. The van der Waals surface area contributed by atoms with Crippen LogP contribution in [-0.2, 0) is 13.1 Å². The smallest absolute Gasteiger partial charge is 0.130 e. The van der Waals surface area contributed by atoms with Crippen molar-refractivity contribution in [2.45, 2.75) is 39.9 Å². The molecule has 0 aliphatic heterocycles. The number of nitrogens with zero attached hydrogens (tertiary/aromatic N) is 2. The normalized spacial score (nSPS) is 12.3. The van der Waals surface area contributed by atoms with Gasteiger partial charge in [-0.2, -0.15) is 5.10 Å². The Kier molecular flexibility index (Phi) is 5.47. The highest BCUT2D eigenvalue weighted by Crippen LogP contribution is 2.20. The summed E-state index contributed by atoms with van der Waals surface area (Å²) in [6.45, 7) is 7.19. The number of benzene rings is 2. The number of halogens is 2. The molecule has 3 aromatic rings. The molecule has 2 aromatic carbocycles. The third-order valence-corrected chi connectivity index (χ3v) is 4.72. The predicted octanol–water partition coefficient (Wildman–Crippen LogP) is 4.68. The lowest BCUT2D eigenvalue weighted by molar-refractivity contribution is 0.516. The zero-order valence-corrected chi connectivity index (χ0v) is 15.3. The summed E-state index contributed by atoms with van der Waals surface area (Å²) in [7, 11) is 0. The quantitative estimate of drug-likeness (QED) is 0.696. The van der Waals surface area contributed by atoms with Crippen molar-refractivity contribution < 1.29 is 8.78 Å². The number of hydrogen-bond donors (Lipinski definition) is 1. The van der Waals surface area contributed by atoms with E-state index < -0.39 is 11.6 Å². The van der Waals surface area contributed by atoms with Gasteiger partial charge in [0.15, 0.2) is 0 Å². The minimum atomic E-state index is -0.563. The van der Waals surface area contributed by atoms with E-state index in [-0.39, 0.29) is 6.04 Å². The zero-order chi connectivity index (χ0) is 18.7. The fourth-order valence-electron chi connectivity index (χ4n) is 3.12. The number of aryl methyl sites for hydroxylation is 1. The highest BCUT2D eigenvalue weighted by atomic mass is 19.1. The van der Waals surface area contributed by atoms with Crippen LogP contribution in [0.15, 0.2) is 48.5 Å². The van der Waals surface area contributed by atoms with Crippen molar-refractivity contribution in [2.24, 2.45) is 0 Å². The molecular weight excluding hydrogens is 332 g/mol. The van der Waals surface area contributed by atoms with Gasteiger partial charge in [0.25, 0.3) is 0 Å². The molecule has 1 aromatic heterocycles. The van der Waals surface area contributed by atoms with Gasteiger partial charge in [0.1, 0.15) is 11.6 Å². The first-order valence-corrected chi connectivity index (χ1v) is 8.71. The van der Waals surface area contributed by atoms with Crippen LogP contribution in [0, 0.1) is 25.5 Å². The Balaban J connectivity index is 1.72. The molecule has 3 rings (SSSR count). The van der Waals surface area contributed by atoms with E-state index in [1.807, 2.05) is 43.7 Å². The summed E-state index contributed by atoms with van der Waals surface area (Å²) in [6.07, 6.45) is 0. The van der Waals surface area contributed by atoms with Gasteiger partial charge in [-0.05, 0) is 32.4 Å². The van der Waals surface area contributed by atoms with Gasteiger partial charge in [0.05, 0.1) is 12.2 Å². The van der Waals surface area contributed by atoms with E-state index >= 15 is 0 Å². The van der Waals surface area contributed by atoms with Gasteiger partial charge in [-0.3, -0.25) is 4.68 Å². The van der Waals surface area contributed by atoms with Crippen LogP contribution in [0.1, 0.15) is 41.0 Å². The first kappa shape index (κ1) is 18.3. The number of hydrogen-bond acceptors (Lipinski definition) is 2. The van der Waals surface area contributed by atoms with Gasteiger partial charge in [-0.25, -0.2) is 8.78 Å². The van der Waals surface area contributed by atoms with E-state index in [1.54, 1.807) is 0 Å². The van der Waals surface area contributed by atoms with E-state index in [0.717, 1.165) is 29.6 Å². The molecule has 3 nitrogen and oxygen atoms in total. The second-order valence-electron chi connectivity index (χ2n) is 6.56. The second kappa shape index (κ2) is 7.79. The number of aromatic nitrogens is 2. The highest BCUT2D eigenvalue weighted by Gasteiger charge is 2.15. The van der Waals surface area contributed by atoms with Gasteiger partial charge in [0.2, 0.25) is 0 Å². The number of nitrogens with one attached hydrogen (secondary N) is 1. The molecule has 1 unspecified atom stereocenters. The molecule has 0 radical (unpaired) electrons. The van der Waals surface area contributed by atoms with Gasteiger partial charge in [-0.15, -0.1) is 0 Å². The lowest BCUT2D eigenvalue weighted by atomic mass is 10.1. The first-order valence-electron chi connectivity index (χ1n) is 8.71. The van der Waals surface area contributed by atoms with Crippen LogP contribution in [0.25, 0.3) is 0 Å². The average Bonchev–Trinajstić information content (AvgIpc) is 2.87. The minimum Gasteiger partial charge on any atom is -0.306 e. The molecule has 1 heterocycles. The standard InChI is InChI=1S/C21H23F2N3/c1-14(19-10-9-18(22)11-21(19)23)24-12-20-15(2)25-26(16(20)3)13-17-7-5-4-6-8-17/h4-11,14,24H,12-13H2,1-3H3. The summed E-state index contributed by atoms with van der Waals surface area (Å²) in [5, 5.41) is 7.96. The SMILES string of the molecule is Cc1nn(Cc2ccccc2)c(C)c1CNC(C)c1ccc(F)cc1F. The van der Waals surface area contributed by atoms with E-state index in [9.17, 15) is 8.78 Å². The molecule has 0 fully saturated rings. The van der Waals surface area contributed by atoms with Crippen molar-refractivity contribution >= 4 is 0 Å². The molecule has 1 atom stereocenters. The van der Waals surface area contributed by atoms with Gasteiger partial charge in [-0.1, -0.05) is 36.4 Å². The molecule has 5 heteroatoms. The summed E-state index contributed by atoms with van der Waals surface area (Å²) in [4.78, 5) is 0. The first-order chi connectivity index (χ1) is 12.5. The average molecular weight is 355 g/mol. The Morgan fingerprint density at radius 2 is 1.81 bits per heavy atom. The van der Waals surface area contributed by atoms with Gasteiger partial charge < -0.3 is 5.32 Å². The summed E-state index contributed by atoms with van der Waals surface area (Å²) >= 11 is 0. The topological polar surface area (TPSA) is 29.9 Å². The molecule has 0 amide bonds. The van der Waals surface area contributed by atoms with Crippen molar-refractivity contribution in [2.75, 3.05) is 0 Å². The van der Waals surface area contributed by atoms with Crippen molar-refractivity contribution in [3.05, 3.63) is 88.2 Å². The largest absolute Gasteiger partial charge is 0.306 e. The Labute approximate surface area is 152 Å². The van der Waals surface area contributed by atoms with Crippen LogP contribution in [0.4, 0.5) is 8.78 Å². The monoisotopic (exact) mass is 355 g/mol. The van der Waals surface area contributed by atoms with E-state index in [1.165, 1.54) is 17.7 Å². The summed E-state index contributed by atoms with van der Waals surface area (Å²) in [5.41, 5.74) is 4.80. The number of rotatable bonds is 6. The fraction of sp³-hybridized carbons (Fsp3) is 0.286. The van der Waals surface area contributed by atoms with E-state index in [0.29, 0.717) is 12.1 Å². The maximum Gasteiger partial charge on any atom is 0.130 e. The predicted molar refractivity (Wildman–Crippen MR) is 98.9 cm³/mol. The molecule has 0 aliphatic carbocycles. The molecule has 0 saturated carbocycles. The van der Waals surface area contributed by atoms with Gasteiger partial charge >= 0.3 is 0 Å². The Bertz CT molecular complexity index is 888. The van der Waals surface area contributed by atoms with Crippen LogP contribution < -0.4 is 5.32 Å². The van der Waals surface area contributed by atoms with Crippen LogP contribution in [0.3, 0.4) is 0 Å². The van der Waals surface area contributed by atoms with Crippen LogP contribution >= 0.6 is 0 Å². The molecule has 0 bridgehead atoms. The van der Waals surface area contributed by atoms with Crippen molar-refractivity contribution in [1.82, 2.24) is 15.1 Å².